The highest BCUT2D eigenvalue weighted by Crippen LogP contribution is 2.47. The molecular formula is C9H17NO4. The minimum Gasteiger partial charge on any atom is -0.447 e. The van der Waals surface area contributed by atoms with Crippen molar-refractivity contribution in [1.82, 2.24) is 5.32 Å². The van der Waals surface area contributed by atoms with Gasteiger partial charge in [0.2, 0.25) is 0 Å². The lowest BCUT2D eigenvalue weighted by Gasteiger charge is -2.14. The van der Waals surface area contributed by atoms with Gasteiger partial charge in [0.1, 0.15) is 6.61 Å². The second kappa shape index (κ2) is 5.17. The maximum Gasteiger partial charge on any atom is 0.407 e. The van der Waals surface area contributed by atoms with Crippen molar-refractivity contribution in [2.75, 3.05) is 26.4 Å². The first kappa shape index (κ1) is 11.3. The van der Waals surface area contributed by atoms with Crippen LogP contribution in [0.5, 0.6) is 0 Å². The molecule has 5 heteroatoms. The van der Waals surface area contributed by atoms with Crippen molar-refractivity contribution in [1.29, 1.82) is 0 Å². The van der Waals surface area contributed by atoms with Gasteiger partial charge >= 0.3 is 6.09 Å². The van der Waals surface area contributed by atoms with Gasteiger partial charge in [-0.3, -0.25) is 0 Å². The number of aliphatic hydroxyl groups excluding tert-OH is 2. The Morgan fingerprint density at radius 2 is 2.07 bits per heavy atom. The molecule has 0 unspecified atom stereocenters. The van der Waals surface area contributed by atoms with Crippen LogP contribution in [0.1, 0.15) is 19.3 Å². The van der Waals surface area contributed by atoms with E-state index >= 15 is 0 Å². The third kappa shape index (κ3) is 3.51. The minimum atomic E-state index is -0.497. The molecule has 1 rings (SSSR count). The molecule has 0 bridgehead atoms. The van der Waals surface area contributed by atoms with E-state index in [-0.39, 0.29) is 25.2 Å². The number of carbonyl (C=O) groups is 1. The molecule has 0 radical (unpaired) electrons. The highest BCUT2D eigenvalue weighted by molar-refractivity contribution is 5.67. The molecule has 5 nitrogen and oxygen atoms in total. The second-order valence-corrected chi connectivity index (χ2v) is 3.69. The van der Waals surface area contributed by atoms with Crippen LogP contribution in [0.15, 0.2) is 0 Å². The van der Waals surface area contributed by atoms with Crippen LogP contribution < -0.4 is 5.32 Å². The average Bonchev–Trinajstić information content (AvgIpc) is 2.93. The first-order valence-corrected chi connectivity index (χ1v) is 4.85. The molecule has 0 aromatic carbocycles. The average molecular weight is 203 g/mol. The van der Waals surface area contributed by atoms with Gasteiger partial charge in [-0.15, -0.1) is 0 Å². The standard InChI is InChI=1S/C9H17NO4/c11-4-3-9(1-2-9)7-10-8(13)14-6-5-12/h11-12H,1-7H2,(H,10,13). The molecule has 1 aliphatic rings. The number of nitrogens with one attached hydrogen (secondary N) is 1. The molecule has 1 amide bonds. The number of carbonyl (C=O) groups excluding carboxylic acids is 1. The first-order valence-electron chi connectivity index (χ1n) is 4.85. The number of hydrogen-bond acceptors (Lipinski definition) is 4. The van der Waals surface area contributed by atoms with Crippen LogP contribution in [0.4, 0.5) is 4.79 Å². The number of rotatable bonds is 6. The highest BCUT2D eigenvalue weighted by Gasteiger charge is 2.41. The van der Waals surface area contributed by atoms with Crippen LogP contribution in [0.3, 0.4) is 0 Å². The second-order valence-electron chi connectivity index (χ2n) is 3.69. The lowest BCUT2D eigenvalue weighted by Crippen LogP contribution is -2.31. The third-order valence-electron chi connectivity index (χ3n) is 2.53. The molecule has 1 saturated carbocycles. The smallest absolute Gasteiger partial charge is 0.407 e. The number of hydrogen-bond donors (Lipinski definition) is 3. The number of alkyl carbamates (subject to hydrolysis) is 1. The van der Waals surface area contributed by atoms with Gasteiger partial charge in [0.15, 0.2) is 0 Å². The van der Waals surface area contributed by atoms with E-state index in [0.717, 1.165) is 19.3 Å². The SMILES string of the molecule is O=C(NCC1(CCO)CC1)OCCO. The predicted octanol–water partition coefficient (Wildman–Crippen LogP) is -0.133. The molecule has 82 valence electrons. The molecule has 0 aromatic heterocycles. The largest absolute Gasteiger partial charge is 0.447 e. The van der Waals surface area contributed by atoms with Gasteiger partial charge < -0.3 is 20.3 Å². The summed E-state index contributed by atoms with van der Waals surface area (Å²) in [5.74, 6) is 0. The summed E-state index contributed by atoms with van der Waals surface area (Å²) in [5, 5.41) is 19.8. The number of ether oxygens (including phenoxy) is 1. The molecule has 3 N–H and O–H groups in total. The third-order valence-corrected chi connectivity index (χ3v) is 2.53. The maximum atomic E-state index is 11.0. The Bertz CT molecular complexity index is 191. The van der Waals surface area contributed by atoms with E-state index in [2.05, 4.69) is 10.1 Å². The van der Waals surface area contributed by atoms with Crippen LogP contribution in [0.25, 0.3) is 0 Å². The van der Waals surface area contributed by atoms with E-state index < -0.39 is 6.09 Å². The van der Waals surface area contributed by atoms with E-state index in [1.54, 1.807) is 0 Å². The molecule has 0 saturated heterocycles. The topological polar surface area (TPSA) is 78.8 Å². The van der Waals surface area contributed by atoms with Crippen LogP contribution in [0.2, 0.25) is 0 Å². The molecule has 0 spiro atoms. The number of aliphatic hydroxyl groups is 2. The van der Waals surface area contributed by atoms with Gasteiger partial charge in [0.05, 0.1) is 6.61 Å². The zero-order valence-electron chi connectivity index (χ0n) is 8.16. The summed E-state index contributed by atoms with van der Waals surface area (Å²) >= 11 is 0. The summed E-state index contributed by atoms with van der Waals surface area (Å²) in [6.07, 6.45) is 2.33. The summed E-state index contributed by atoms with van der Waals surface area (Å²) in [5.41, 5.74) is 0.104. The summed E-state index contributed by atoms with van der Waals surface area (Å²) in [4.78, 5) is 11.0. The van der Waals surface area contributed by atoms with Crippen molar-refractivity contribution in [2.45, 2.75) is 19.3 Å². The molecule has 1 aliphatic carbocycles. The monoisotopic (exact) mass is 203 g/mol. The summed E-state index contributed by atoms with van der Waals surface area (Å²) in [7, 11) is 0. The fraction of sp³-hybridized carbons (Fsp3) is 0.889. The number of amides is 1. The Hall–Kier alpha value is -0.810. The molecule has 0 aliphatic heterocycles. The molecule has 1 fully saturated rings. The minimum absolute atomic E-state index is 0.0266. The van der Waals surface area contributed by atoms with Gasteiger partial charge in [-0.1, -0.05) is 0 Å². The Morgan fingerprint density at radius 1 is 1.36 bits per heavy atom. The van der Waals surface area contributed by atoms with E-state index in [1.165, 1.54) is 0 Å². The lowest BCUT2D eigenvalue weighted by atomic mass is 10.0. The summed E-state index contributed by atoms with van der Waals surface area (Å²) in [6, 6.07) is 0. The molecular weight excluding hydrogens is 186 g/mol. The Balaban J connectivity index is 2.10. The van der Waals surface area contributed by atoms with Crippen LogP contribution >= 0.6 is 0 Å². The normalized spacial score (nSPS) is 17.6. The lowest BCUT2D eigenvalue weighted by molar-refractivity contribution is 0.116. The van der Waals surface area contributed by atoms with Crippen LogP contribution in [-0.2, 0) is 4.74 Å². The van der Waals surface area contributed by atoms with Gasteiger partial charge in [-0.05, 0) is 24.7 Å². The Morgan fingerprint density at radius 3 is 2.57 bits per heavy atom. The predicted molar refractivity (Wildman–Crippen MR) is 49.8 cm³/mol. The van der Waals surface area contributed by atoms with Crippen LogP contribution in [-0.4, -0.2) is 42.7 Å². The van der Waals surface area contributed by atoms with Crippen molar-refractivity contribution in [3.8, 4) is 0 Å². The maximum absolute atomic E-state index is 11.0. The fourth-order valence-corrected chi connectivity index (χ4v) is 1.38. The first-order chi connectivity index (χ1) is 6.72. The van der Waals surface area contributed by atoms with E-state index in [0.29, 0.717) is 6.54 Å². The fourth-order valence-electron chi connectivity index (χ4n) is 1.38. The van der Waals surface area contributed by atoms with E-state index in [9.17, 15) is 4.79 Å². The van der Waals surface area contributed by atoms with Gasteiger partial charge in [0.25, 0.3) is 0 Å². The van der Waals surface area contributed by atoms with Crippen LogP contribution in [0, 0.1) is 5.41 Å². The molecule has 14 heavy (non-hydrogen) atoms. The van der Waals surface area contributed by atoms with Crippen molar-refractivity contribution >= 4 is 6.09 Å². The van der Waals surface area contributed by atoms with Crippen molar-refractivity contribution in [3.05, 3.63) is 0 Å². The van der Waals surface area contributed by atoms with Gasteiger partial charge in [-0.25, -0.2) is 4.79 Å². The Labute approximate surface area is 83.1 Å². The zero-order valence-corrected chi connectivity index (χ0v) is 8.16. The quantitative estimate of drug-likeness (QED) is 0.561. The van der Waals surface area contributed by atoms with E-state index in [1.807, 2.05) is 0 Å². The molecule has 0 atom stereocenters. The Kier molecular flexibility index (Phi) is 4.16. The van der Waals surface area contributed by atoms with E-state index in [4.69, 9.17) is 10.2 Å². The van der Waals surface area contributed by atoms with Gasteiger partial charge in [0, 0.05) is 13.2 Å². The summed E-state index contributed by atoms with van der Waals surface area (Å²) < 4.78 is 4.63. The van der Waals surface area contributed by atoms with Gasteiger partial charge in [-0.2, -0.15) is 0 Å². The molecule has 0 heterocycles. The highest BCUT2D eigenvalue weighted by atomic mass is 16.6. The zero-order chi connectivity index (χ0) is 10.4. The van der Waals surface area contributed by atoms with Crippen molar-refractivity contribution in [3.63, 3.8) is 0 Å². The van der Waals surface area contributed by atoms with Crippen molar-refractivity contribution < 1.29 is 19.7 Å². The summed E-state index contributed by atoms with van der Waals surface area (Å²) in [6.45, 7) is 0.583. The van der Waals surface area contributed by atoms with Crippen molar-refractivity contribution in [2.24, 2.45) is 5.41 Å². The molecule has 0 aromatic rings.